The van der Waals surface area contributed by atoms with Crippen LogP contribution < -0.4 is 23.8 Å². The van der Waals surface area contributed by atoms with Crippen molar-refractivity contribution in [1.82, 2.24) is 14.9 Å². The van der Waals surface area contributed by atoms with E-state index in [1.54, 1.807) is 25.4 Å². The lowest BCUT2D eigenvalue weighted by Crippen LogP contribution is -2.57. The Morgan fingerprint density at radius 1 is 1.05 bits per heavy atom. The molecule has 4 aromatic rings. The lowest BCUT2D eigenvalue weighted by atomic mass is 10.00. The number of methoxy groups -OCH3 is 2. The van der Waals surface area contributed by atoms with Gasteiger partial charge in [0.2, 0.25) is 0 Å². The van der Waals surface area contributed by atoms with E-state index in [0.717, 1.165) is 22.5 Å². The van der Waals surface area contributed by atoms with Crippen LogP contribution in [0.1, 0.15) is 26.3 Å². The summed E-state index contributed by atoms with van der Waals surface area (Å²) in [6.45, 7) is 7.69. The van der Waals surface area contributed by atoms with Crippen LogP contribution in [-0.2, 0) is 11.3 Å². The molecule has 2 aliphatic heterocycles. The molecular formula is C33H35ClN4O6. The van der Waals surface area contributed by atoms with Crippen LogP contribution in [0.25, 0.3) is 22.0 Å². The molecule has 1 atom stereocenters. The molecule has 3 aromatic carbocycles. The van der Waals surface area contributed by atoms with Crippen molar-refractivity contribution in [3.8, 4) is 34.1 Å². The minimum atomic E-state index is -0.580. The molecule has 11 heteroatoms. The van der Waals surface area contributed by atoms with Crippen molar-refractivity contribution in [2.75, 3.05) is 45.4 Å². The summed E-state index contributed by atoms with van der Waals surface area (Å²) in [6.07, 6.45) is 1.20. The Hall–Kier alpha value is -4.44. The van der Waals surface area contributed by atoms with E-state index in [9.17, 15) is 4.79 Å². The van der Waals surface area contributed by atoms with Crippen molar-refractivity contribution >= 4 is 34.4 Å². The van der Waals surface area contributed by atoms with Crippen molar-refractivity contribution in [1.29, 1.82) is 0 Å². The van der Waals surface area contributed by atoms with Gasteiger partial charge in [0, 0.05) is 25.2 Å². The van der Waals surface area contributed by atoms with E-state index in [1.165, 1.54) is 0 Å². The normalized spacial score (nSPS) is 16.1. The molecule has 230 valence electrons. The predicted molar refractivity (Wildman–Crippen MR) is 168 cm³/mol. The fourth-order valence-electron chi connectivity index (χ4n) is 5.58. The van der Waals surface area contributed by atoms with Crippen LogP contribution in [0, 0.1) is 0 Å². The topological polar surface area (TPSA) is 95.5 Å². The lowest BCUT2D eigenvalue weighted by molar-refractivity contribution is 0.0202. The molecule has 1 amide bonds. The number of amides is 1. The van der Waals surface area contributed by atoms with Gasteiger partial charge in [-0.15, -0.1) is 0 Å². The average Bonchev–Trinajstić information content (AvgIpc) is 3.18. The number of fused-ring (bicyclic) bond motifs is 2. The first-order valence-corrected chi connectivity index (χ1v) is 14.8. The standard InChI is InChI=1S/C33H35ClN4O6/c1-33(2,3)44-32(39)37-13-14-38-21(16-37)18-43-30-28-24(35-19-36-31(28)38)15-23(29(30)34)27-25(41-5)7-6-8-26(27)42-17-20-9-11-22(40-4)12-10-20/h6-12,15,19,21H,13-14,16-18H2,1-5H3/t21-/m0/s1. The molecule has 0 N–H and O–H groups in total. The van der Waals surface area contributed by atoms with Gasteiger partial charge in [0.15, 0.2) is 5.75 Å². The van der Waals surface area contributed by atoms with E-state index in [2.05, 4.69) is 14.9 Å². The zero-order chi connectivity index (χ0) is 31.0. The van der Waals surface area contributed by atoms with E-state index in [0.29, 0.717) is 71.8 Å². The van der Waals surface area contributed by atoms with Gasteiger partial charge in [-0.1, -0.05) is 29.8 Å². The molecule has 1 saturated heterocycles. The maximum atomic E-state index is 12.9. The van der Waals surface area contributed by atoms with Gasteiger partial charge >= 0.3 is 6.09 Å². The van der Waals surface area contributed by atoms with E-state index >= 15 is 0 Å². The number of ether oxygens (including phenoxy) is 5. The second-order valence-electron chi connectivity index (χ2n) is 11.7. The second-order valence-corrected chi connectivity index (χ2v) is 12.1. The summed E-state index contributed by atoms with van der Waals surface area (Å²) in [5.74, 6) is 3.18. The van der Waals surface area contributed by atoms with Gasteiger partial charge in [0.05, 0.1) is 41.8 Å². The largest absolute Gasteiger partial charge is 0.497 e. The average molecular weight is 619 g/mol. The molecule has 1 fully saturated rings. The third-order valence-corrected chi connectivity index (χ3v) is 8.03. The quantitative estimate of drug-likeness (QED) is 0.244. The number of benzene rings is 3. The highest BCUT2D eigenvalue weighted by molar-refractivity contribution is 6.36. The summed E-state index contributed by atoms with van der Waals surface area (Å²) in [6, 6.07) is 15.1. The molecular weight excluding hydrogens is 584 g/mol. The fourth-order valence-corrected chi connectivity index (χ4v) is 5.88. The molecule has 0 saturated carbocycles. The highest BCUT2D eigenvalue weighted by Crippen LogP contribution is 2.50. The van der Waals surface area contributed by atoms with Crippen molar-refractivity contribution in [3.63, 3.8) is 0 Å². The van der Waals surface area contributed by atoms with Crippen LogP contribution in [-0.4, -0.2) is 73.1 Å². The van der Waals surface area contributed by atoms with Crippen LogP contribution in [0.15, 0.2) is 54.9 Å². The molecule has 3 heterocycles. The third-order valence-electron chi connectivity index (χ3n) is 7.66. The molecule has 0 radical (unpaired) electrons. The number of carbonyl (C=O) groups excluding carboxylic acids is 1. The smallest absolute Gasteiger partial charge is 0.410 e. The van der Waals surface area contributed by atoms with Gasteiger partial charge in [0.1, 0.15) is 48.2 Å². The summed E-state index contributed by atoms with van der Waals surface area (Å²) < 4.78 is 29.5. The van der Waals surface area contributed by atoms with Crippen molar-refractivity contribution in [2.45, 2.75) is 39.0 Å². The Morgan fingerprint density at radius 3 is 2.55 bits per heavy atom. The number of anilines is 1. The molecule has 0 aliphatic carbocycles. The SMILES string of the molecule is COc1ccc(COc2cccc(OC)c2-c2cc3ncnc4c3c(c2Cl)OC[C@@H]2CN(C(=O)OC(C)(C)C)CCN42)cc1. The maximum absolute atomic E-state index is 12.9. The summed E-state index contributed by atoms with van der Waals surface area (Å²) in [5.41, 5.74) is 2.42. The number of hydrogen-bond acceptors (Lipinski definition) is 9. The van der Waals surface area contributed by atoms with E-state index in [-0.39, 0.29) is 12.1 Å². The first-order chi connectivity index (χ1) is 21.2. The molecule has 0 unspecified atom stereocenters. The maximum Gasteiger partial charge on any atom is 0.410 e. The van der Waals surface area contributed by atoms with Crippen LogP contribution >= 0.6 is 11.6 Å². The van der Waals surface area contributed by atoms with Crippen LogP contribution in [0.3, 0.4) is 0 Å². The summed E-state index contributed by atoms with van der Waals surface area (Å²) in [4.78, 5) is 26.0. The Balaban J connectivity index is 1.36. The van der Waals surface area contributed by atoms with E-state index in [4.69, 9.17) is 35.3 Å². The molecule has 10 nitrogen and oxygen atoms in total. The molecule has 1 aromatic heterocycles. The number of piperazine rings is 1. The van der Waals surface area contributed by atoms with E-state index in [1.807, 2.05) is 69.3 Å². The minimum Gasteiger partial charge on any atom is -0.497 e. The van der Waals surface area contributed by atoms with Gasteiger partial charge in [0.25, 0.3) is 0 Å². The molecule has 44 heavy (non-hydrogen) atoms. The second kappa shape index (κ2) is 11.9. The first-order valence-electron chi connectivity index (χ1n) is 14.4. The Bertz CT molecular complexity index is 1690. The van der Waals surface area contributed by atoms with E-state index < -0.39 is 5.60 Å². The number of rotatable bonds is 6. The van der Waals surface area contributed by atoms with Crippen molar-refractivity contribution in [2.24, 2.45) is 0 Å². The van der Waals surface area contributed by atoms with Gasteiger partial charge in [-0.05, 0) is 56.7 Å². The first kappa shape index (κ1) is 29.6. The molecule has 0 bridgehead atoms. The van der Waals surface area contributed by atoms with Gasteiger partial charge in [-0.3, -0.25) is 0 Å². The zero-order valence-electron chi connectivity index (χ0n) is 25.4. The van der Waals surface area contributed by atoms with Gasteiger partial charge in [-0.25, -0.2) is 14.8 Å². The van der Waals surface area contributed by atoms with Crippen LogP contribution in [0.5, 0.6) is 23.0 Å². The number of halogens is 1. The van der Waals surface area contributed by atoms with Crippen molar-refractivity contribution < 1.29 is 28.5 Å². The molecule has 6 rings (SSSR count). The predicted octanol–water partition coefficient (Wildman–Crippen LogP) is 6.36. The highest BCUT2D eigenvalue weighted by Gasteiger charge is 2.37. The number of aromatic nitrogens is 2. The number of nitrogens with zero attached hydrogens (tertiary/aromatic N) is 4. The lowest BCUT2D eigenvalue weighted by Gasteiger charge is -2.41. The summed E-state index contributed by atoms with van der Waals surface area (Å²) >= 11 is 7.19. The van der Waals surface area contributed by atoms with Crippen LogP contribution in [0.2, 0.25) is 5.02 Å². The van der Waals surface area contributed by atoms with Gasteiger partial charge in [-0.2, -0.15) is 0 Å². The van der Waals surface area contributed by atoms with Gasteiger partial charge < -0.3 is 33.5 Å². The summed E-state index contributed by atoms with van der Waals surface area (Å²) in [5, 5.41) is 1.13. The summed E-state index contributed by atoms with van der Waals surface area (Å²) in [7, 11) is 3.25. The zero-order valence-corrected chi connectivity index (χ0v) is 26.2. The number of carbonyl (C=O) groups is 1. The minimum absolute atomic E-state index is 0.157. The van der Waals surface area contributed by atoms with Crippen molar-refractivity contribution in [3.05, 3.63) is 65.4 Å². The van der Waals surface area contributed by atoms with Crippen LogP contribution in [0.4, 0.5) is 10.6 Å². The Labute approximate surface area is 261 Å². The monoisotopic (exact) mass is 618 g/mol. The number of hydrogen-bond donors (Lipinski definition) is 0. The fraction of sp³-hybridized carbons (Fsp3) is 0.364. The Morgan fingerprint density at radius 2 is 1.82 bits per heavy atom. The highest BCUT2D eigenvalue weighted by atomic mass is 35.5. The Kier molecular flexibility index (Phi) is 8.02. The molecule has 0 spiro atoms. The molecule has 2 aliphatic rings. The third kappa shape index (κ3) is 5.74.